The summed E-state index contributed by atoms with van der Waals surface area (Å²) in [6, 6.07) is 20.9. The van der Waals surface area contributed by atoms with Gasteiger partial charge in [0.1, 0.15) is 10.6 Å². The first-order chi connectivity index (χ1) is 15.0. The molecule has 0 bridgehead atoms. The van der Waals surface area contributed by atoms with E-state index in [0.717, 1.165) is 11.1 Å². The number of carbonyl (C=O) groups is 1. The molecule has 0 spiro atoms. The molecule has 162 valence electrons. The maximum atomic E-state index is 13.3. The van der Waals surface area contributed by atoms with Crippen molar-refractivity contribution < 1.29 is 17.9 Å². The lowest BCUT2D eigenvalue weighted by Gasteiger charge is -2.25. The van der Waals surface area contributed by atoms with Crippen molar-refractivity contribution in [3.63, 3.8) is 0 Å². The van der Waals surface area contributed by atoms with Gasteiger partial charge in [-0.2, -0.15) is 4.31 Å². The zero-order chi connectivity index (χ0) is 21.7. The van der Waals surface area contributed by atoms with E-state index in [0.29, 0.717) is 39.4 Å². The summed E-state index contributed by atoms with van der Waals surface area (Å²) in [5.41, 5.74) is 2.25. The summed E-state index contributed by atoms with van der Waals surface area (Å²) in [5, 5.41) is 0. The topological polar surface area (TPSA) is 82.7 Å². The van der Waals surface area contributed by atoms with Gasteiger partial charge in [-0.15, -0.1) is 0 Å². The fourth-order valence-corrected chi connectivity index (χ4v) is 4.96. The number of rotatable bonds is 7. The van der Waals surface area contributed by atoms with E-state index in [4.69, 9.17) is 4.74 Å². The molecule has 2 aromatic carbocycles. The molecule has 8 heteroatoms. The Bertz CT molecular complexity index is 1070. The Morgan fingerprint density at radius 3 is 2.03 bits per heavy atom. The molecular weight excluding hydrogens is 414 g/mol. The number of aromatic amines is 1. The first-order valence-electron chi connectivity index (χ1n) is 10.2. The van der Waals surface area contributed by atoms with Crippen LogP contribution in [0, 0.1) is 0 Å². The summed E-state index contributed by atoms with van der Waals surface area (Å²) in [4.78, 5) is 18.0. The molecule has 0 unspecified atom stereocenters. The van der Waals surface area contributed by atoms with Crippen molar-refractivity contribution in [3.05, 3.63) is 89.7 Å². The molecule has 1 aromatic heterocycles. The highest BCUT2D eigenvalue weighted by Gasteiger charge is 2.28. The monoisotopic (exact) mass is 439 g/mol. The van der Waals surface area contributed by atoms with E-state index in [1.54, 1.807) is 4.90 Å². The number of amides is 1. The van der Waals surface area contributed by atoms with Gasteiger partial charge in [0.15, 0.2) is 0 Å². The number of morpholine rings is 1. The highest BCUT2D eigenvalue weighted by atomic mass is 32.2. The van der Waals surface area contributed by atoms with Crippen molar-refractivity contribution in [1.29, 1.82) is 0 Å². The van der Waals surface area contributed by atoms with E-state index in [9.17, 15) is 13.2 Å². The molecule has 3 aromatic rings. The Morgan fingerprint density at radius 2 is 1.48 bits per heavy atom. The van der Waals surface area contributed by atoms with Crippen molar-refractivity contribution in [2.45, 2.75) is 18.0 Å². The van der Waals surface area contributed by atoms with Crippen molar-refractivity contribution >= 4 is 15.9 Å². The van der Waals surface area contributed by atoms with Crippen molar-refractivity contribution in [3.8, 4) is 0 Å². The smallest absolute Gasteiger partial charge is 0.270 e. The molecule has 0 aliphatic carbocycles. The van der Waals surface area contributed by atoms with Gasteiger partial charge in [0, 0.05) is 32.4 Å². The fourth-order valence-electron chi connectivity index (χ4n) is 3.56. The second-order valence-electron chi connectivity index (χ2n) is 7.40. The number of nitrogens with one attached hydrogen (secondary N) is 1. The quantitative estimate of drug-likeness (QED) is 0.614. The number of H-pyrrole nitrogens is 1. The number of benzene rings is 2. The Labute approximate surface area is 182 Å². The van der Waals surface area contributed by atoms with E-state index in [-0.39, 0.29) is 16.5 Å². The highest BCUT2D eigenvalue weighted by Crippen LogP contribution is 2.20. The van der Waals surface area contributed by atoms with Gasteiger partial charge in [0.25, 0.3) is 5.91 Å². The molecule has 1 aliphatic rings. The van der Waals surface area contributed by atoms with Crippen LogP contribution in [0.5, 0.6) is 0 Å². The Kier molecular flexibility index (Phi) is 6.50. The molecule has 2 heterocycles. The third-order valence-electron chi connectivity index (χ3n) is 5.21. The number of nitrogens with zero attached hydrogens (tertiary/aromatic N) is 2. The molecule has 0 saturated carbocycles. The third-order valence-corrected chi connectivity index (χ3v) is 7.09. The number of hydrogen-bond acceptors (Lipinski definition) is 4. The largest absolute Gasteiger partial charge is 0.379 e. The molecule has 4 rings (SSSR count). The Balaban J connectivity index is 1.58. The van der Waals surface area contributed by atoms with Crippen LogP contribution in [-0.2, 0) is 27.8 Å². The maximum absolute atomic E-state index is 13.3. The van der Waals surface area contributed by atoms with Crippen LogP contribution in [0.2, 0.25) is 0 Å². The lowest BCUT2D eigenvalue weighted by Crippen LogP contribution is -2.40. The number of aromatic nitrogens is 1. The molecule has 1 aliphatic heterocycles. The second kappa shape index (κ2) is 9.47. The molecule has 0 atom stereocenters. The molecule has 31 heavy (non-hydrogen) atoms. The second-order valence-corrected chi connectivity index (χ2v) is 9.34. The summed E-state index contributed by atoms with van der Waals surface area (Å²) < 4.78 is 32.4. The summed E-state index contributed by atoms with van der Waals surface area (Å²) in [5.74, 6) is -0.254. The normalized spacial score (nSPS) is 15.0. The van der Waals surface area contributed by atoms with E-state index in [2.05, 4.69) is 4.98 Å². The van der Waals surface area contributed by atoms with Crippen LogP contribution in [-0.4, -0.2) is 54.8 Å². The molecule has 7 nitrogen and oxygen atoms in total. The van der Waals surface area contributed by atoms with Crippen LogP contribution in [0.4, 0.5) is 0 Å². The van der Waals surface area contributed by atoms with E-state index in [1.165, 1.54) is 16.6 Å². The van der Waals surface area contributed by atoms with Crippen LogP contribution < -0.4 is 0 Å². The minimum absolute atomic E-state index is 0.0946. The zero-order valence-corrected chi connectivity index (χ0v) is 17.9. The predicted molar refractivity (Wildman–Crippen MR) is 117 cm³/mol. The van der Waals surface area contributed by atoms with Gasteiger partial charge in [0.2, 0.25) is 10.0 Å². The number of hydrogen-bond donors (Lipinski definition) is 1. The third kappa shape index (κ3) is 5.04. The van der Waals surface area contributed by atoms with Crippen LogP contribution in [0.3, 0.4) is 0 Å². The number of sulfonamides is 1. The average molecular weight is 440 g/mol. The van der Waals surface area contributed by atoms with Crippen LogP contribution in [0.15, 0.2) is 77.8 Å². The molecule has 1 amide bonds. The predicted octanol–water partition coefficient (Wildman–Crippen LogP) is 2.88. The van der Waals surface area contributed by atoms with Crippen molar-refractivity contribution in [2.24, 2.45) is 0 Å². The van der Waals surface area contributed by atoms with Crippen LogP contribution in [0.1, 0.15) is 21.6 Å². The van der Waals surface area contributed by atoms with Crippen LogP contribution >= 0.6 is 0 Å². The summed E-state index contributed by atoms with van der Waals surface area (Å²) in [7, 11) is -3.67. The lowest BCUT2D eigenvalue weighted by atomic mass is 10.1. The molecule has 1 saturated heterocycles. The lowest BCUT2D eigenvalue weighted by molar-refractivity contribution is 0.0723. The minimum Gasteiger partial charge on any atom is -0.379 e. The van der Waals surface area contributed by atoms with Crippen molar-refractivity contribution in [1.82, 2.24) is 14.2 Å². The van der Waals surface area contributed by atoms with Gasteiger partial charge >= 0.3 is 0 Å². The Morgan fingerprint density at radius 1 is 0.935 bits per heavy atom. The average Bonchev–Trinajstić information content (AvgIpc) is 3.31. The zero-order valence-electron chi connectivity index (χ0n) is 17.1. The van der Waals surface area contributed by atoms with Gasteiger partial charge in [-0.25, -0.2) is 8.42 Å². The van der Waals surface area contributed by atoms with Gasteiger partial charge in [-0.1, -0.05) is 60.7 Å². The number of ether oxygens (including phenoxy) is 1. The summed E-state index contributed by atoms with van der Waals surface area (Å²) in [6.07, 6.45) is 1.39. The molecule has 1 fully saturated rings. The highest BCUT2D eigenvalue weighted by molar-refractivity contribution is 7.89. The standard InChI is InChI=1S/C23H25N3O4S/c27-23(22-15-21(16-24-22)31(28,29)26-11-13-30-14-12-26)25(17-19-7-3-1-4-8-19)18-20-9-5-2-6-10-20/h1-10,15-16,24H,11-14,17-18H2. The summed E-state index contributed by atoms with van der Waals surface area (Å²) >= 11 is 0. The van der Waals surface area contributed by atoms with E-state index in [1.807, 2.05) is 60.7 Å². The fraction of sp³-hybridized carbons (Fsp3) is 0.261. The maximum Gasteiger partial charge on any atom is 0.270 e. The van der Waals surface area contributed by atoms with Gasteiger partial charge in [-0.05, 0) is 17.2 Å². The van der Waals surface area contributed by atoms with Gasteiger partial charge in [0.05, 0.1) is 13.2 Å². The van der Waals surface area contributed by atoms with Gasteiger partial charge < -0.3 is 14.6 Å². The molecule has 0 radical (unpaired) electrons. The number of carbonyl (C=O) groups excluding carboxylic acids is 1. The Hall–Kier alpha value is -2.94. The van der Waals surface area contributed by atoms with Crippen LogP contribution in [0.25, 0.3) is 0 Å². The molecule has 1 N–H and O–H groups in total. The van der Waals surface area contributed by atoms with E-state index < -0.39 is 10.0 Å². The van der Waals surface area contributed by atoms with E-state index >= 15 is 0 Å². The summed E-state index contributed by atoms with van der Waals surface area (Å²) in [6.45, 7) is 2.20. The first kappa shape index (κ1) is 21.3. The minimum atomic E-state index is -3.67. The van der Waals surface area contributed by atoms with Gasteiger partial charge in [-0.3, -0.25) is 4.79 Å². The van der Waals surface area contributed by atoms with Crippen molar-refractivity contribution in [2.75, 3.05) is 26.3 Å². The first-order valence-corrected chi connectivity index (χ1v) is 11.6. The SMILES string of the molecule is O=C(c1cc(S(=O)(=O)N2CCOCC2)c[nH]1)N(Cc1ccccc1)Cc1ccccc1. The molecular formula is C23H25N3O4S.